The van der Waals surface area contributed by atoms with Gasteiger partial charge in [0.2, 0.25) is 0 Å². The van der Waals surface area contributed by atoms with Crippen molar-refractivity contribution in [2.75, 3.05) is 13.1 Å². The molecule has 1 saturated heterocycles. The van der Waals surface area contributed by atoms with Gasteiger partial charge in [0.25, 0.3) is 5.56 Å². The Morgan fingerprint density at radius 1 is 1.18 bits per heavy atom. The number of piperidine rings is 1. The highest BCUT2D eigenvalue weighted by Crippen LogP contribution is 2.23. The summed E-state index contributed by atoms with van der Waals surface area (Å²) in [5.41, 5.74) is 2.85. The largest absolute Gasteiger partial charge is 0.317 e. The highest BCUT2D eigenvalue weighted by molar-refractivity contribution is 5.59. The number of fused-ring (bicyclic) bond motifs is 1. The van der Waals surface area contributed by atoms with Crippen LogP contribution in [0.3, 0.4) is 0 Å². The van der Waals surface area contributed by atoms with Gasteiger partial charge >= 0.3 is 0 Å². The van der Waals surface area contributed by atoms with Crippen LogP contribution < -0.4 is 10.9 Å². The molecule has 4 heterocycles. The summed E-state index contributed by atoms with van der Waals surface area (Å²) in [4.78, 5) is 25.3. The van der Waals surface area contributed by atoms with Gasteiger partial charge in [0, 0.05) is 30.4 Å². The topological polar surface area (TPSA) is 88.0 Å². The average Bonchev–Trinajstić information content (AvgIpc) is 3.01. The van der Waals surface area contributed by atoms with Crippen LogP contribution in [-0.2, 0) is 0 Å². The second-order valence-electron chi connectivity index (χ2n) is 5.50. The first-order valence-electron chi connectivity index (χ1n) is 7.41. The van der Waals surface area contributed by atoms with Gasteiger partial charge in [0.1, 0.15) is 5.69 Å². The van der Waals surface area contributed by atoms with Gasteiger partial charge in [-0.1, -0.05) is 0 Å². The lowest BCUT2D eigenvalue weighted by atomic mass is 9.94. The van der Waals surface area contributed by atoms with E-state index in [4.69, 9.17) is 0 Å². The fourth-order valence-electron chi connectivity index (χ4n) is 2.91. The Labute approximate surface area is 126 Å². The van der Waals surface area contributed by atoms with Crippen LogP contribution in [-0.4, -0.2) is 37.7 Å². The van der Waals surface area contributed by atoms with Crippen molar-refractivity contribution in [1.82, 2.24) is 29.9 Å². The maximum atomic E-state index is 12.3. The van der Waals surface area contributed by atoms with Crippen LogP contribution in [0, 0.1) is 0 Å². The standard InChI is InChI=1S/C15H16N6O/c22-15-8-11(10-1-3-16-4-2-10)19-14-7-12(20-21(14)15)13-9-17-5-6-18-13/h5-10,16,20H,1-4H2. The summed E-state index contributed by atoms with van der Waals surface area (Å²) < 4.78 is 1.45. The zero-order valence-electron chi connectivity index (χ0n) is 12.0. The van der Waals surface area contributed by atoms with E-state index in [1.807, 2.05) is 6.07 Å². The third kappa shape index (κ3) is 2.29. The summed E-state index contributed by atoms with van der Waals surface area (Å²) in [6.45, 7) is 1.95. The molecular formula is C15H16N6O. The van der Waals surface area contributed by atoms with Gasteiger partial charge in [0.05, 0.1) is 17.6 Å². The van der Waals surface area contributed by atoms with Crippen molar-refractivity contribution in [3.8, 4) is 11.4 Å². The van der Waals surface area contributed by atoms with E-state index in [2.05, 4.69) is 25.4 Å². The molecule has 0 aromatic carbocycles. The second-order valence-corrected chi connectivity index (χ2v) is 5.50. The Balaban J connectivity index is 1.79. The lowest BCUT2D eigenvalue weighted by Gasteiger charge is -2.21. The maximum Gasteiger partial charge on any atom is 0.272 e. The smallest absolute Gasteiger partial charge is 0.272 e. The quantitative estimate of drug-likeness (QED) is 0.735. The van der Waals surface area contributed by atoms with E-state index < -0.39 is 0 Å². The molecule has 1 fully saturated rings. The van der Waals surface area contributed by atoms with Crippen molar-refractivity contribution in [3.63, 3.8) is 0 Å². The SMILES string of the molecule is O=c1cc(C2CCNCC2)nc2cc(-c3cnccn3)[nH]n12. The van der Waals surface area contributed by atoms with Gasteiger partial charge in [-0.25, -0.2) is 9.50 Å². The zero-order chi connectivity index (χ0) is 14.9. The molecular weight excluding hydrogens is 280 g/mol. The van der Waals surface area contributed by atoms with Crippen molar-refractivity contribution < 1.29 is 0 Å². The summed E-state index contributed by atoms with van der Waals surface area (Å²) in [5.74, 6) is 0.355. The van der Waals surface area contributed by atoms with Gasteiger partial charge in [-0.15, -0.1) is 0 Å². The van der Waals surface area contributed by atoms with Gasteiger partial charge in [-0.05, 0) is 25.9 Å². The number of nitrogens with one attached hydrogen (secondary N) is 2. The number of nitrogens with zero attached hydrogens (tertiary/aromatic N) is 4. The molecule has 3 aromatic rings. The molecule has 7 nitrogen and oxygen atoms in total. The lowest BCUT2D eigenvalue weighted by Crippen LogP contribution is -2.28. The molecule has 1 aliphatic rings. The Morgan fingerprint density at radius 3 is 2.82 bits per heavy atom. The highest BCUT2D eigenvalue weighted by Gasteiger charge is 2.18. The molecule has 0 amide bonds. The monoisotopic (exact) mass is 296 g/mol. The number of H-pyrrole nitrogens is 1. The van der Waals surface area contributed by atoms with Crippen molar-refractivity contribution in [1.29, 1.82) is 0 Å². The van der Waals surface area contributed by atoms with E-state index in [1.165, 1.54) is 4.52 Å². The van der Waals surface area contributed by atoms with Gasteiger partial charge in [-0.3, -0.25) is 19.9 Å². The molecule has 3 aromatic heterocycles. The van der Waals surface area contributed by atoms with Crippen LogP contribution in [0.4, 0.5) is 0 Å². The number of hydrogen-bond acceptors (Lipinski definition) is 5. The minimum atomic E-state index is -0.0892. The van der Waals surface area contributed by atoms with Crippen LogP contribution in [0.1, 0.15) is 24.5 Å². The molecule has 0 radical (unpaired) electrons. The van der Waals surface area contributed by atoms with Crippen LogP contribution in [0.2, 0.25) is 0 Å². The van der Waals surface area contributed by atoms with Crippen molar-refractivity contribution in [2.45, 2.75) is 18.8 Å². The molecule has 0 saturated carbocycles. The normalized spacial score (nSPS) is 16.2. The summed E-state index contributed by atoms with van der Waals surface area (Å²) in [5, 5.41) is 6.37. The molecule has 0 bridgehead atoms. The summed E-state index contributed by atoms with van der Waals surface area (Å²) in [7, 11) is 0. The first-order chi connectivity index (χ1) is 10.8. The van der Waals surface area contributed by atoms with Crippen molar-refractivity contribution in [3.05, 3.63) is 46.8 Å². The average molecular weight is 296 g/mol. The molecule has 2 N–H and O–H groups in total. The number of aromatic amines is 1. The number of rotatable bonds is 2. The van der Waals surface area contributed by atoms with E-state index in [9.17, 15) is 4.79 Å². The third-order valence-electron chi connectivity index (χ3n) is 4.07. The summed E-state index contributed by atoms with van der Waals surface area (Å²) >= 11 is 0. The van der Waals surface area contributed by atoms with E-state index in [1.54, 1.807) is 24.7 Å². The van der Waals surface area contributed by atoms with Crippen molar-refractivity contribution >= 4 is 5.65 Å². The molecule has 0 aliphatic carbocycles. The molecule has 1 aliphatic heterocycles. The van der Waals surface area contributed by atoms with E-state index in [0.29, 0.717) is 17.3 Å². The summed E-state index contributed by atoms with van der Waals surface area (Å²) in [6, 6.07) is 3.48. The second kappa shape index (κ2) is 5.34. The maximum absolute atomic E-state index is 12.3. The molecule has 22 heavy (non-hydrogen) atoms. The van der Waals surface area contributed by atoms with E-state index >= 15 is 0 Å². The Hall–Kier alpha value is -2.54. The fraction of sp³-hybridized carbons (Fsp3) is 0.333. The van der Waals surface area contributed by atoms with Gasteiger partial charge in [-0.2, -0.15) is 0 Å². The van der Waals surface area contributed by atoms with Crippen LogP contribution in [0.15, 0.2) is 35.5 Å². The molecule has 0 spiro atoms. The van der Waals surface area contributed by atoms with E-state index in [0.717, 1.165) is 37.3 Å². The molecule has 112 valence electrons. The lowest BCUT2D eigenvalue weighted by molar-refractivity contribution is 0.453. The molecule has 0 unspecified atom stereocenters. The minimum absolute atomic E-state index is 0.0892. The van der Waals surface area contributed by atoms with Crippen LogP contribution in [0.5, 0.6) is 0 Å². The van der Waals surface area contributed by atoms with Crippen LogP contribution >= 0.6 is 0 Å². The molecule has 4 rings (SSSR count). The third-order valence-corrected chi connectivity index (χ3v) is 4.07. The Kier molecular flexibility index (Phi) is 3.19. The first kappa shape index (κ1) is 13.1. The minimum Gasteiger partial charge on any atom is -0.317 e. The molecule has 0 atom stereocenters. The van der Waals surface area contributed by atoms with Crippen molar-refractivity contribution in [2.24, 2.45) is 0 Å². The first-order valence-corrected chi connectivity index (χ1v) is 7.41. The Morgan fingerprint density at radius 2 is 2.05 bits per heavy atom. The number of hydrogen-bond donors (Lipinski definition) is 2. The highest BCUT2D eigenvalue weighted by atomic mass is 16.1. The predicted octanol–water partition coefficient (Wildman–Crippen LogP) is 0.947. The van der Waals surface area contributed by atoms with Gasteiger partial charge < -0.3 is 5.32 Å². The predicted molar refractivity (Wildman–Crippen MR) is 81.7 cm³/mol. The zero-order valence-corrected chi connectivity index (χ0v) is 12.0. The fourth-order valence-corrected chi connectivity index (χ4v) is 2.91. The van der Waals surface area contributed by atoms with E-state index in [-0.39, 0.29) is 5.56 Å². The Bertz CT molecular complexity index is 847. The number of aromatic nitrogens is 5. The molecule has 7 heteroatoms. The summed E-state index contributed by atoms with van der Waals surface area (Å²) in [6.07, 6.45) is 6.93. The van der Waals surface area contributed by atoms with Gasteiger partial charge in [0.15, 0.2) is 5.65 Å². The van der Waals surface area contributed by atoms with Crippen LogP contribution in [0.25, 0.3) is 17.0 Å².